The van der Waals surface area contributed by atoms with Gasteiger partial charge >= 0.3 is 6.18 Å². The smallest absolute Gasteiger partial charge is 0.389 e. The summed E-state index contributed by atoms with van der Waals surface area (Å²) in [6.07, 6.45) is -5.24. The molecular weight excluding hydrogens is 341 g/mol. The molecule has 0 N–H and O–H groups in total. The lowest BCUT2D eigenvalue weighted by Crippen LogP contribution is -2.12. The first kappa shape index (κ1) is 17.0. The molecule has 0 saturated carbocycles. The Balaban J connectivity index is 2.38. The van der Waals surface area contributed by atoms with Crippen molar-refractivity contribution < 1.29 is 27.4 Å². The van der Waals surface area contributed by atoms with Gasteiger partial charge in [0.25, 0.3) is 0 Å². The fourth-order valence-corrected chi connectivity index (χ4v) is 2.00. The summed E-state index contributed by atoms with van der Waals surface area (Å²) >= 11 is 3.25. The molecule has 0 atom stereocenters. The number of carbonyl (C=O) groups excluding carboxylic acids is 1. The number of hydrogen-bond donors (Lipinski definition) is 0. The molecule has 1 aromatic rings. The van der Waals surface area contributed by atoms with Crippen LogP contribution in [0.1, 0.15) is 23.2 Å². The molecule has 0 aliphatic heterocycles. The number of ether oxygens (including phenoxy) is 2. The standard InChI is InChI=1S/C13H14BrF3O3/c1-19-12-4-3-9(7-10(12)14)11(18)8-20-6-2-5-13(15,16)17/h3-4,7H,2,5-6,8H2,1H3. The summed E-state index contributed by atoms with van der Waals surface area (Å²) in [4.78, 5) is 11.7. The van der Waals surface area contributed by atoms with E-state index in [0.29, 0.717) is 15.8 Å². The van der Waals surface area contributed by atoms with Crippen molar-refractivity contribution in [1.29, 1.82) is 0 Å². The average molecular weight is 355 g/mol. The van der Waals surface area contributed by atoms with Crippen LogP contribution >= 0.6 is 15.9 Å². The summed E-state index contributed by atoms with van der Waals surface area (Å²) in [7, 11) is 1.51. The fraction of sp³-hybridized carbons (Fsp3) is 0.462. The Hall–Kier alpha value is -1.08. The van der Waals surface area contributed by atoms with Crippen LogP contribution < -0.4 is 4.74 Å². The van der Waals surface area contributed by atoms with Gasteiger partial charge in [-0.05, 0) is 40.5 Å². The molecule has 0 bridgehead atoms. The highest BCUT2D eigenvalue weighted by molar-refractivity contribution is 9.10. The molecule has 112 valence electrons. The van der Waals surface area contributed by atoms with E-state index in [2.05, 4.69) is 15.9 Å². The molecular formula is C13H14BrF3O3. The SMILES string of the molecule is COc1ccc(C(=O)COCCCC(F)(F)F)cc1Br. The first-order valence-electron chi connectivity index (χ1n) is 5.84. The number of halogens is 4. The summed E-state index contributed by atoms with van der Waals surface area (Å²) in [6, 6.07) is 4.78. The lowest BCUT2D eigenvalue weighted by Gasteiger charge is -2.08. The van der Waals surface area contributed by atoms with Crippen molar-refractivity contribution in [2.45, 2.75) is 19.0 Å². The maximum Gasteiger partial charge on any atom is 0.389 e. The number of hydrogen-bond acceptors (Lipinski definition) is 3. The van der Waals surface area contributed by atoms with E-state index in [9.17, 15) is 18.0 Å². The van der Waals surface area contributed by atoms with Crippen LogP contribution in [0.2, 0.25) is 0 Å². The average Bonchev–Trinajstić information content (AvgIpc) is 2.36. The number of alkyl halides is 3. The van der Waals surface area contributed by atoms with Crippen molar-refractivity contribution in [3.8, 4) is 5.75 Å². The fourth-order valence-electron chi connectivity index (χ4n) is 1.46. The molecule has 0 radical (unpaired) electrons. The molecule has 7 heteroatoms. The van der Waals surface area contributed by atoms with E-state index >= 15 is 0 Å². The van der Waals surface area contributed by atoms with Gasteiger partial charge in [-0.15, -0.1) is 0 Å². The van der Waals surface area contributed by atoms with Crippen LogP contribution in [0.3, 0.4) is 0 Å². The van der Waals surface area contributed by atoms with Crippen molar-refractivity contribution in [2.24, 2.45) is 0 Å². The quantitative estimate of drug-likeness (QED) is 0.548. The van der Waals surface area contributed by atoms with Gasteiger partial charge in [-0.2, -0.15) is 13.2 Å². The molecule has 1 aromatic carbocycles. The molecule has 0 spiro atoms. The molecule has 0 unspecified atom stereocenters. The van der Waals surface area contributed by atoms with Crippen molar-refractivity contribution >= 4 is 21.7 Å². The number of rotatable bonds is 7. The van der Waals surface area contributed by atoms with Crippen LogP contribution in [0.15, 0.2) is 22.7 Å². The largest absolute Gasteiger partial charge is 0.496 e. The van der Waals surface area contributed by atoms with Crippen molar-refractivity contribution in [1.82, 2.24) is 0 Å². The van der Waals surface area contributed by atoms with Crippen LogP contribution in [-0.4, -0.2) is 32.3 Å². The molecule has 0 aliphatic rings. The maximum atomic E-state index is 11.9. The van der Waals surface area contributed by atoms with Gasteiger partial charge in [-0.3, -0.25) is 4.79 Å². The normalized spacial score (nSPS) is 11.4. The number of benzene rings is 1. The van der Waals surface area contributed by atoms with E-state index in [1.807, 2.05) is 0 Å². The van der Waals surface area contributed by atoms with Crippen molar-refractivity contribution in [2.75, 3.05) is 20.3 Å². The summed E-state index contributed by atoms with van der Waals surface area (Å²) in [6.45, 7) is -0.334. The highest BCUT2D eigenvalue weighted by Gasteiger charge is 2.26. The minimum absolute atomic E-state index is 0.0947. The second-order valence-electron chi connectivity index (χ2n) is 4.04. The molecule has 0 aromatic heterocycles. The molecule has 0 fully saturated rings. The highest BCUT2D eigenvalue weighted by Crippen LogP contribution is 2.25. The Labute approximate surface area is 123 Å². The highest BCUT2D eigenvalue weighted by atomic mass is 79.9. The second kappa shape index (κ2) is 7.64. The number of ketones is 1. The molecule has 1 rings (SSSR count). The van der Waals surface area contributed by atoms with Gasteiger partial charge in [-0.1, -0.05) is 0 Å². The maximum absolute atomic E-state index is 11.9. The Morgan fingerprint density at radius 2 is 2.05 bits per heavy atom. The van der Waals surface area contributed by atoms with Gasteiger partial charge in [0.1, 0.15) is 12.4 Å². The van der Waals surface area contributed by atoms with Crippen LogP contribution in [0.25, 0.3) is 0 Å². The van der Waals surface area contributed by atoms with Gasteiger partial charge in [0, 0.05) is 18.6 Å². The van der Waals surface area contributed by atoms with Gasteiger partial charge in [0.2, 0.25) is 0 Å². The number of carbonyl (C=O) groups is 1. The van der Waals surface area contributed by atoms with E-state index in [1.165, 1.54) is 7.11 Å². The molecule has 0 heterocycles. The third-order valence-corrected chi connectivity index (χ3v) is 3.08. The Kier molecular flexibility index (Phi) is 6.48. The molecule has 0 amide bonds. The van der Waals surface area contributed by atoms with Crippen molar-refractivity contribution in [3.05, 3.63) is 28.2 Å². The van der Waals surface area contributed by atoms with E-state index in [0.717, 1.165) is 0 Å². The van der Waals surface area contributed by atoms with Crippen LogP contribution in [0, 0.1) is 0 Å². The third-order valence-electron chi connectivity index (χ3n) is 2.46. The van der Waals surface area contributed by atoms with E-state index < -0.39 is 12.6 Å². The summed E-state index contributed by atoms with van der Waals surface area (Å²) in [5, 5.41) is 0. The Morgan fingerprint density at radius 3 is 2.60 bits per heavy atom. The lowest BCUT2D eigenvalue weighted by molar-refractivity contribution is -0.137. The summed E-state index contributed by atoms with van der Waals surface area (Å²) in [5.74, 6) is 0.299. The third kappa shape index (κ3) is 5.92. The topological polar surface area (TPSA) is 35.5 Å². The van der Waals surface area contributed by atoms with Gasteiger partial charge in [0.05, 0.1) is 11.6 Å². The number of methoxy groups -OCH3 is 1. The molecule has 3 nitrogen and oxygen atoms in total. The van der Waals surface area contributed by atoms with E-state index in [4.69, 9.17) is 9.47 Å². The first-order valence-corrected chi connectivity index (χ1v) is 6.64. The predicted molar refractivity (Wildman–Crippen MR) is 71.1 cm³/mol. The zero-order valence-corrected chi connectivity index (χ0v) is 12.4. The zero-order valence-electron chi connectivity index (χ0n) is 10.8. The minimum Gasteiger partial charge on any atom is -0.496 e. The molecule has 0 aliphatic carbocycles. The molecule has 20 heavy (non-hydrogen) atoms. The van der Waals surface area contributed by atoms with Gasteiger partial charge in [-0.25, -0.2) is 0 Å². The van der Waals surface area contributed by atoms with Gasteiger partial charge < -0.3 is 9.47 Å². The summed E-state index contributed by atoms with van der Waals surface area (Å²) in [5.41, 5.74) is 0.411. The van der Waals surface area contributed by atoms with E-state index in [1.54, 1.807) is 18.2 Å². The summed E-state index contributed by atoms with van der Waals surface area (Å²) < 4.78 is 46.3. The van der Waals surface area contributed by atoms with Crippen LogP contribution in [0.5, 0.6) is 5.75 Å². The predicted octanol–water partition coefficient (Wildman–Crippen LogP) is 4.00. The Morgan fingerprint density at radius 1 is 1.35 bits per heavy atom. The zero-order chi connectivity index (χ0) is 15.2. The minimum atomic E-state index is -4.19. The van der Waals surface area contributed by atoms with Crippen LogP contribution in [-0.2, 0) is 4.74 Å². The lowest BCUT2D eigenvalue weighted by atomic mass is 10.1. The van der Waals surface area contributed by atoms with Gasteiger partial charge in [0.15, 0.2) is 5.78 Å². The van der Waals surface area contributed by atoms with E-state index in [-0.39, 0.29) is 25.4 Å². The van der Waals surface area contributed by atoms with Crippen LogP contribution in [0.4, 0.5) is 13.2 Å². The first-order chi connectivity index (χ1) is 9.33. The second-order valence-corrected chi connectivity index (χ2v) is 4.90. The monoisotopic (exact) mass is 354 g/mol. The number of Topliss-reactive ketones (excluding diaryl/α,β-unsaturated/α-hetero) is 1. The molecule has 0 saturated heterocycles. The van der Waals surface area contributed by atoms with Crippen molar-refractivity contribution in [3.63, 3.8) is 0 Å². The Bertz CT molecular complexity index is 461.